The molecular weight excluding hydrogens is 438 g/mol. The van der Waals surface area contributed by atoms with Gasteiger partial charge in [0.25, 0.3) is 0 Å². The summed E-state index contributed by atoms with van der Waals surface area (Å²) >= 11 is 0. The zero-order valence-corrected chi connectivity index (χ0v) is 20.7. The number of fused-ring (bicyclic) bond motifs is 2. The van der Waals surface area contributed by atoms with Crippen molar-refractivity contribution in [2.75, 3.05) is 0 Å². The lowest BCUT2D eigenvalue weighted by Gasteiger charge is -2.32. The Morgan fingerprint density at radius 2 is 1.58 bits per heavy atom. The van der Waals surface area contributed by atoms with Gasteiger partial charge in [-0.1, -0.05) is 128 Å². The summed E-state index contributed by atoms with van der Waals surface area (Å²) in [6, 6.07) is 33.9. The molecule has 2 aliphatic rings. The van der Waals surface area contributed by atoms with Crippen molar-refractivity contribution in [1.29, 1.82) is 0 Å². The summed E-state index contributed by atoms with van der Waals surface area (Å²) in [5.41, 5.74) is 4.40. The summed E-state index contributed by atoms with van der Waals surface area (Å²) in [6.07, 6.45) is 10.9. The van der Waals surface area contributed by atoms with Crippen LogP contribution in [0.4, 0.5) is 0 Å². The zero-order chi connectivity index (χ0) is 24.5. The van der Waals surface area contributed by atoms with Gasteiger partial charge in [0.1, 0.15) is 0 Å². The molecule has 1 heterocycles. The molecule has 2 heteroatoms. The fourth-order valence-corrected chi connectivity index (χ4v) is 6.17. The van der Waals surface area contributed by atoms with Crippen LogP contribution in [0, 0.1) is 11.3 Å². The number of hydrogen-bond acceptors (Lipinski definition) is 1. The van der Waals surface area contributed by atoms with E-state index in [1.54, 1.807) is 0 Å². The van der Waals surface area contributed by atoms with Crippen molar-refractivity contribution >= 4 is 28.8 Å². The normalized spacial score (nSPS) is 23.5. The van der Waals surface area contributed by atoms with Gasteiger partial charge in [0.05, 0.1) is 11.5 Å². The quantitative estimate of drug-likeness (QED) is 0.214. The van der Waals surface area contributed by atoms with Crippen molar-refractivity contribution in [3.63, 3.8) is 0 Å². The van der Waals surface area contributed by atoms with Crippen molar-refractivity contribution in [3.05, 3.63) is 131 Å². The largest absolute Gasteiger partial charge is 0.330 e. The predicted molar refractivity (Wildman–Crippen MR) is 149 cm³/mol. The summed E-state index contributed by atoms with van der Waals surface area (Å²) < 4.78 is 0. The summed E-state index contributed by atoms with van der Waals surface area (Å²) in [5.74, 6) is 0.421. The second kappa shape index (κ2) is 9.28. The van der Waals surface area contributed by atoms with E-state index < -0.39 is 0 Å². The Bertz CT molecular complexity index is 1450. The van der Waals surface area contributed by atoms with Crippen LogP contribution in [0.5, 0.6) is 0 Å². The van der Waals surface area contributed by atoms with E-state index in [1.807, 2.05) is 12.1 Å². The van der Waals surface area contributed by atoms with Gasteiger partial charge in [0.15, 0.2) is 0 Å². The van der Waals surface area contributed by atoms with Gasteiger partial charge >= 0.3 is 0 Å². The molecule has 2 unspecified atom stereocenters. The van der Waals surface area contributed by atoms with Crippen LogP contribution in [0.1, 0.15) is 48.1 Å². The Kier molecular flexibility index (Phi) is 5.81. The molecule has 1 aliphatic heterocycles. The maximum Gasteiger partial charge on any atom is 0.230 e. The summed E-state index contributed by atoms with van der Waals surface area (Å²) in [5, 5.41) is 2.44. The minimum atomic E-state index is -0.375. The van der Waals surface area contributed by atoms with E-state index in [4.69, 9.17) is 0 Å². The van der Waals surface area contributed by atoms with Crippen molar-refractivity contribution in [2.45, 2.75) is 32.4 Å². The van der Waals surface area contributed by atoms with Crippen molar-refractivity contribution in [1.82, 2.24) is 4.90 Å². The number of allylic oxidation sites excluding steroid dienone is 1. The minimum absolute atomic E-state index is 0.0146. The topological polar surface area (TPSA) is 20.3 Å². The highest BCUT2D eigenvalue weighted by atomic mass is 16.2. The van der Waals surface area contributed by atoms with E-state index in [0.717, 1.165) is 12.8 Å². The van der Waals surface area contributed by atoms with Crippen LogP contribution in [0.15, 0.2) is 109 Å². The van der Waals surface area contributed by atoms with Gasteiger partial charge in [0.2, 0.25) is 5.91 Å². The van der Waals surface area contributed by atoms with E-state index in [9.17, 15) is 4.79 Å². The van der Waals surface area contributed by atoms with Crippen molar-refractivity contribution < 1.29 is 4.79 Å². The Hall–Kier alpha value is -3.91. The predicted octanol–water partition coefficient (Wildman–Crippen LogP) is 8.07. The number of amides is 1. The second-order valence-electron chi connectivity index (χ2n) is 10.3. The first kappa shape index (κ1) is 22.5. The van der Waals surface area contributed by atoms with Crippen LogP contribution >= 0.6 is 0 Å². The van der Waals surface area contributed by atoms with Crippen LogP contribution in [0.25, 0.3) is 22.9 Å². The van der Waals surface area contributed by atoms with Gasteiger partial charge in [-0.05, 0) is 45.9 Å². The van der Waals surface area contributed by atoms with Gasteiger partial charge < -0.3 is 4.90 Å². The lowest BCUT2D eigenvalue weighted by atomic mass is 9.69. The molecule has 1 saturated heterocycles. The summed E-state index contributed by atoms with van der Waals surface area (Å²) in [7, 11) is 0. The molecule has 36 heavy (non-hydrogen) atoms. The SMILES string of the molecule is C[C@@]12CCC=CC1C(c1ccc3ccccc3c1C=Cc1ccccc1)N(Cc1ccccc1)C2=O. The van der Waals surface area contributed by atoms with Gasteiger partial charge in [-0.3, -0.25) is 4.79 Å². The minimum Gasteiger partial charge on any atom is -0.330 e. The van der Waals surface area contributed by atoms with E-state index >= 15 is 0 Å². The summed E-state index contributed by atoms with van der Waals surface area (Å²) in [6.45, 7) is 2.81. The van der Waals surface area contributed by atoms with E-state index in [0.29, 0.717) is 6.54 Å². The molecule has 1 amide bonds. The number of benzene rings is 4. The number of carbonyl (C=O) groups is 1. The number of rotatable bonds is 5. The van der Waals surface area contributed by atoms with Gasteiger partial charge in [-0.25, -0.2) is 0 Å². The van der Waals surface area contributed by atoms with E-state index in [2.05, 4.69) is 121 Å². The molecule has 178 valence electrons. The fraction of sp³-hybridized carbons (Fsp3) is 0.206. The molecule has 6 rings (SSSR count). The lowest BCUT2D eigenvalue weighted by molar-refractivity contribution is -0.137. The van der Waals surface area contributed by atoms with E-state index in [1.165, 1.54) is 33.0 Å². The highest BCUT2D eigenvalue weighted by Crippen LogP contribution is 2.55. The third kappa shape index (κ3) is 3.87. The molecule has 4 aromatic carbocycles. The maximum absolute atomic E-state index is 14.1. The third-order valence-corrected chi connectivity index (χ3v) is 8.10. The first-order valence-corrected chi connectivity index (χ1v) is 12.9. The molecule has 0 aromatic heterocycles. The van der Waals surface area contributed by atoms with Crippen LogP contribution in [-0.4, -0.2) is 10.8 Å². The Labute approximate surface area is 213 Å². The highest BCUT2D eigenvalue weighted by molar-refractivity contribution is 5.95. The molecule has 1 aliphatic carbocycles. The van der Waals surface area contributed by atoms with Crippen LogP contribution in [0.2, 0.25) is 0 Å². The smallest absolute Gasteiger partial charge is 0.230 e. The summed E-state index contributed by atoms with van der Waals surface area (Å²) in [4.78, 5) is 16.2. The van der Waals surface area contributed by atoms with Crippen molar-refractivity contribution in [2.24, 2.45) is 11.3 Å². The zero-order valence-electron chi connectivity index (χ0n) is 20.7. The molecule has 0 spiro atoms. The van der Waals surface area contributed by atoms with Crippen LogP contribution in [0.3, 0.4) is 0 Å². The van der Waals surface area contributed by atoms with E-state index in [-0.39, 0.29) is 23.3 Å². The Morgan fingerprint density at radius 1 is 0.861 bits per heavy atom. The molecular formula is C34H31NO. The maximum atomic E-state index is 14.1. The number of carbonyl (C=O) groups excluding carboxylic acids is 1. The molecule has 3 atom stereocenters. The highest BCUT2D eigenvalue weighted by Gasteiger charge is 2.56. The molecule has 0 bridgehead atoms. The molecule has 0 N–H and O–H groups in total. The first-order valence-electron chi connectivity index (χ1n) is 12.9. The monoisotopic (exact) mass is 469 g/mol. The Morgan fingerprint density at radius 3 is 2.39 bits per heavy atom. The number of hydrogen-bond donors (Lipinski definition) is 0. The molecule has 1 fully saturated rings. The molecule has 0 saturated carbocycles. The number of nitrogens with zero attached hydrogens (tertiary/aromatic N) is 1. The first-order chi connectivity index (χ1) is 17.6. The van der Waals surface area contributed by atoms with Gasteiger partial charge in [-0.2, -0.15) is 0 Å². The van der Waals surface area contributed by atoms with Crippen molar-refractivity contribution in [3.8, 4) is 0 Å². The van der Waals surface area contributed by atoms with Crippen LogP contribution < -0.4 is 0 Å². The Balaban J connectivity index is 1.53. The standard InChI is InChI=1S/C34H31NO/c1-34-23-11-10-18-31(34)32(35(33(34)36)24-26-14-6-3-7-15-26)30-22-20-27-16-8-9-17-28(27)29(30)21-19-25-12-4-2-5-13-25/h2-10,12-22,31-32H,11,23-24H2,1H3/t31?,32?,34-/m1/s1. The molecule has 0 radical (unpaired) electrons. The number of likely N-dealkylation sites (tertiary alicyclic amines) is 1. The second-order valence-corrected chi connectivity index (χ2v) is 10.3. The van der Waals surface area contributed by atoms with Gasteiger partial charge in [-0.15, -0.1) is 0 Å². The van der Waals surface area contributed by atoms with Crippen LogP contribution in [-0.2, 0) is 11.3 Å². The molecule has 2 nitrogen and oxygen atoms in total. The molecule has 4 aromatic rings. The average molecular weight is 470 g/mol. The lowest BCUT2D eigenvalue weighted by Crippen LogP contribution is -2.34. The average Bonchev–Trinajstić information content (AvgIpc) is 3.14. The third-order valence-electron chi connectivity index (χ3n) is 8.10. The fourth-order valence-electron chi connectivity index (χ4n) is 6.17. The van der Waals surface area contributed by atoms with Gasteiger partial charge in [0, 0.05) is 12.5 Å².